The van der Waals surface area contributed by atoms with Gasteiger partial charge < -0.3 is 9.64 Å². The second kappa shape index (κ2) is 6.05. The first-order valence-electron chi connectivity index (χ1n) is 8.43. The van der Waals surface area contributed by atoms with E-state index in [1.807, 2.05) is 23.6 Å². The molecule has 4 rings (SSSR count). The zero-order chi connectivity index (χ0) is 15.8. The summed E-state index contributed by atoms with van der Waals surface area (Å²) in [4.78, 5) is 4.83. The molecule has 2 saturated heterocycles. The molecular weight excluding hydrogens is 292 g/mol. The lowest BCUT2D eigenvalue weighted by atomic mass is 9.98. The van der Waals surface area contributed by atoms with Crippen LogP contribution in [0.25, 0.3) is 5.65 Å². The number of likely N-dealkylation sites (N-methyl/N-ethyl adjacent to an activating group) is 1. The fraction of sp³-hybridized carbons (Fsp3) is 0.688. The Morgan fingerprint density at radius 2 is 2.00 bits per heavy atom. The van der Waals surface area contributed by atoms with Crippen LogP contribution in [0.1, 0.15) is 18.7 Å². The molecule has 0 bridgehead atoms. The predicted molar refractivity (Wildman–Crippen MR) is 87.7 cm³/mol. The molecule has 0 atom stereocenters. The van der Waals surface area contributed by atoms with Crippen molar-refractivity contribution in [2.24, 2.45) is 5.92 Å². The van der Waals surface area contributed by atoms with Crippen molar-refractivity contribution >= 4 is 11.5 Å². The number of hydrogen-bond acceptors (Lipinski definition) is 6. The Balaban J connectivity index is 1.35. The number of hydrogen-bond donors (Lipinski definition) is 0. The van der Waals surface area contributed by atoms with Crippen molar-refractivity contribution in [3.63, 3.8) is 0 Å². The Labute approximate surface area is 136 Å². The molecule has 0 aliphatic carbocycles. The number of aromatic nitrogens is 4. The fourth-order valence-electron chi connectivity index (χ4n) is 3.46. The van der Waals surface area contributed by atoms with E-state index in [2.05, 4.69) is 32.1 Å². The normalized spacial score (nSPS) is 20.4. The number of aryl methyl sites for hydroxylation is 1. The second-order valence-electron chi connectivity index (χ2n) is 6.76. The van der Waals surface area contributed by atoms with E-state index in [1.165, 1.54) is 19.4 Å². The molecule has 23 heavy (non-hydrogen) atoms. The number of ether oxygens (including phenoxy) is 1. The van der Waals surface area contributed by atoms with Gasteiger partial charge in [-0.1, -0.05) is 0 Å². The lowest BCUT2D eigenvalue weighted by molar-refractivity contribution is 0.0480. The maximum atomic E-state index is 5.45. The van der Waals surface area contributed by atoms with Gasteiger partial charge in [0.15, 0.2) is 11.5 Å². The summed E-state index contributed by atoms with van der Waals surface area (Å²) < 4.78 is 7.26. The van der Waals surface area contributed by atoms with Gasteiger partial charge in [0.1, 0.15) is 5.82 Å². The van der Waals surface area contributed by atoms with Crippen LogP contribution in [0, 0.1) is 12.8 Å². The first kappa shape index (κ1) is 14.8. The summed E-state index contributed by atoms with van der Waals surface area (Å²) in [5.74, 6) is 2.63. The zero-order valence-electron chi connectivity index (χ0n) is 13.9. The molecule has 4 heterocycles. The Bertz CT molecular complexity index is 674. The molecule has 0 spiro atoms. The predicted octanol–water partition coefficient (Wildman–Crippen LogP) is 0.980. The lowest BCUT2D eigenvalue weighted by Crippen LogP contribution is -2.59. The van der Waals surface area contributed by atoms with Gasteiger partial charge in [-0.3, -0.25) is 4.90 Å². The molecule has 7 nitrogen and oxygen atoms in total. The standard InChI is InChI=1S/C16H24N6O/c1-12-17-18-15-3-4-16(19-22(12)15)21-10-14(11-21)20(2)9-13-5-7-23-8-6-13/h3-4,13-14H,5-11H2,1-2H3. The van der Waals surface area contributed by atoms with Crippen LogP contribution in [0.5, 0.6) is 0 Å². The van der Waals surface area contributed by atoms with Crippen molar-refractivity contribution in [1.29, 1.82) is 0 Å². The van der Waals surface area contributed by atoms with Gasteiger partial charge in [0.05, 0.1) is 0 Å². The molecule has 0 unspecified atom stereocenters. The van der Waals surface area contributed by atoms with Gasteiger partial charge in [-0.15, -0.1) is 15.3 Å². The molecule has 0 N–H and O–H groups in total. The molecule has 0 saturated carbocycles. The topological polar surface area (TPSA) is 58.8 Å². The van der Waals surface area contributed by atoms with Crippen LogP contribution >= 0.6 is 0 Å². The van der Waals surface area contributed by atoms with Crippen molar-refractivity contribution in [2.45, 2.75) is 25.8 Å². The van der Waals surface area contributed by atoms with Crippen molar-refractivity contribution in [3.8, 4) is 0 Å². The molecule has 2 aliphatic heterocycles. The van der Waals surface area contributed by atoms with E-state index >= 15 is 0 Å². The summed E-state index contributed by atoms with van der Waals surface area (Å²) in [5.41, 5.74) is 0.806. The Morgan fingerprint density at radius 3 is 2.78 bits per heavy atom. The number of nitrogens with zero attached hydrogens (tertiary/aromatic N) is 6. The van der Waals surface area contributed by atoms with Gasteiger partial charge in [-0.05, 0) is 44.9 Å². The largest absolute Gasteiger partial charge is 0.381 e. The van der Waals surface area contributed by atoms with Crippen molar-refractivity contribution in [3.05, 3.63) is 18.0 Å². The average molecular weight is 316 g/mol. The quantitative estimate of drug-likeness (QED) is 0.838. The molecule has 2 aromatic rings. The van der Waals surface area contributed by atoms with Gasteiger partial charge in [-0.25, -0.2) is 0 Å². The van der Waals surface area contributed by atoms with Gasteiger partial charge in [0, 0.05) is 38.9 Å². The first-order chi connectivity index (χ1) is 11.2. The third-order valence-electron chi connectivity index (χ3n) is 5.10. The highest BCUT2D eigenvalue weighted by molar-refractivity contribution is 5.47. The number of anilines is 1. The monoisotopic (exact) mass is 316 g/mol. The molecule has 0 aromatic carbocycles. The molecule has 2 aliphatic rings. The Morgan fingerprint density at radius 1 is 1.22 bits per heavy atom. The van der Waals surface area contributed by atoms with E-state index in [9.17, 15) is 0 Å². The molecule has 7 heteroatoms. The second-order valence-corrected chi connectivity index (χ2v) is 6.76. The van der Waals surface area contributed by atoms with E-state index in [0.717, 1.165) is 49.5 Å². The summed E-state index contributed by atoms with van der Waals surface area (Å²) in [7, 11) is 2.25. The number of fused-ring (bicyclic) bond motifs is 1. The molecule has 0 radical (unpaired) electrons. The highest BCUT2D eigenvalue weighted by Crippen LogP contribution is 2.24. The van der Waals surface area contributed by atoms with Crippen molar-refractivity contribution in [1.82, 2.24) is 24.7 Å². The third-order valence-corrected chi connectivity index (χ3v) is 5.10. The summed E-state index contributed by atoms with van der Waals surface area (Å²) in [5, 5.41) is 12.8. The third kappa shape index (κ3) is 2.90. The van der Waals surface area contributed by atoms with E-state index in [1.54, 1.807) is 0 Å². The van der Waals surface area contributed by atoms with Gasteiger partial charge in [0.2, 0.25) is 0 Å². The maximum absolute atomic E-state index is 5.45. The molecule has 2 aromatic heterocycles. The fourth-order valence-corrected chi connectivity index (χ4v) is 3.46. The minimum atomic E-state index is 0.623. The molecule has 0 amide bonds. The average Bonchev–Trinajstić information content (AvgIpc) is 2.88. The summed E-state index contributed by atoms with van der Waals surface area (Å²) in [6.07, 6.45) is 2.40. The maximum Gasteiger partial charge on any atom is 0.178 e. The Kier molecular flexibility index (Phi) is 3.90. The van der Waals surface area contributed by atoms with E-state index in [0.29, 0.717) is 6.04 Å². The van der Waals surface area contributed by atoms with Crippen LogP contribution < -0.4 is 4.90 Å². The van der Waals surface area contributed by atoms with Crippen LogP contribution in [0.15, 0.2) is 12.1 Å². The van der Waals surface area contributed by atoms with Gasteiger partial charge in [0.25, 0.3) is 0 Å². The minimum absolute atomic E-state index is 0.623. The number of rotatable bonds is 4. The van der Waals surface area contributed by atoms with Crippen LogP contribution in [-0.2, 0) is 4.74 Å². The van der Waals surface area contributed by atoms with Gasteiger partial charge in [-0.2, -0.15) is 4.52 Å². The molecular formula is C16H24N6O. The van der Waals surface area contributed by atoms with E-state index in [4.69, 9.17) is 4.74 Å². The molecule has 2 fully saturated rings. The van der Waals surface area contributed by atoms with E-state index in [-0.39, 0.29) is 0 Å². The smallest absolute Gasteiger partial charge is 0.178 e. The van der Waals surface area contributed by atoms with Crippen molar-refractivity contribution < 1.29 is 4.74 Å². The minimum Gasteiger partial charge on any atom is -0.381 e. The molecule has 124 valence electrons. The highest BCUT2D eigenvalue weighted by atomic mass is 16.5. The Hall–Kier alpha value is -1.73. The van der Waals surface area contributed by atoms with Crippen LogP contribution in [-0.4, -0.2) is 70.6 Å². The first-order valence-corrected chi connectivity index (χ1v) is 8.43. The highest BCUT2D eigenvalue weighted by Gasteiger charge is 2.32. The summed E-state index contributed by atoms with van der Waals surface area (Å²) in [6, 6.07) is 4.65. The van der Waals surface area contributed by atoms with Crippen LogP contribution in [0.4, 0.5) is 5.82 Å². The van der Waals surface area contributed by atoms with Gasteiger partial charge >= 0.3 is 0 Å². The van der Waals surface area contributed by atoms with Crippen LogP contribution in [0.3, 0.4) is 0 Å². The van der Waals surface area contributed by atoms with Crippen LogP contribution in [0.2, 0.25) is 0 Å². The zero-order valence-corrected chi connectivity index (χ0v) is 13.9. The summed E-state index contributed by atoms with van der Waals surface area (Å²) >= 11 is 0. The SMILES string of the molecule is Cc1nnc2ccc(N3CC(N(C)CC4CCOCC4)C3)nn12. The van der Waals surface area contributed by atoms with Crippen molar-refractivity contribution in [2.75, 3.05) is 44.8 Å². The lowest BCUT2D eigenvalue weighted by Gasteiger charge is -2.45. The van der Waals surface area contributed by atoms with E-state index < -0.39 is 0 Å². The summed E-state index contributed by atoms with van der Waals surface area (Å²) in [6.45, 7) is 7.05.